The fraction of sp³-hybridized carbons (Fsp3) is 0.130. The Labute approximate surface area is 198 Å². The summed E-state index contributed by atoms with van der Waals surface area (Å²) in [6.07, 6.45) is -1.60. The summed E-state index contributed by atoms with van der Waals surface area (Å²) in [5.41, 5.74) is 1.85. The van der Waals surface area contributed by atoms with Crippen molar-refractivity contribution in [2.45, 2.75) is 19.3 Å². The normalized spacial score (nSPS) is 15.1. The first-order valence-corrected chi connectivity index (χ1v) is 10.6. The standard InChI is InChI=1S/C23H16Cl3NO5/c24-14-3-1-2-13(8-14)11-32-18-7-5-15(25)20-21(18)23(31)27(22(20)30)17-6-4-12(9-16(17)26)10-19(28)29/h1-9,22,30H,10-11H2,(H,28,29). The Morgan fingerprint density at radius 3 is 2.47 bits per heavy atom. The number of carbonyl (C=O) groups is 2. The summed E-state index contributed by atoms with van der Waals surface area (Å²) >= 11 is 18.6. The lowest BCUT2D eigenvalue weighted by molar-refractivity contribution is -0.136. The zero-order valence-corrected chi connectivity index (χ0v) is 18.7. The predicted octanol–water partition coefficient (Wildman–Crippen LogP) is 5.50. The van der Waals surface area contributed by atoms with Gasteiger partial charge in [-0.25, -0.2) is 0 Å². The van der Waals surface area contributed by atoms with Crippen molar-refractivity contribution in [2.24, 2.45) is 0 Å². The largest absolute Gasteiger partial charge is 0.488 e. The fourth-order valence-corrected chi connectivity index (χ4v) is 4.35. The van der Waals surface area contributed by atoms with Crippen molar-refractivity contribution in [2.75, 3.05) is 4.90 Å². The van der Waals surface area contributed by atoms with Crippen LogP contribution < -0.4 is 9.64 Å². The van der Waals surface area contributed by atoms with Crippen LogP contribution in [0.1, 0.15) is 33.3 Å². The highest BCUT2D eigenvalue weighted by Gasteiger charge is 2.41. The molecule has 1 aliphatic rings. The minimum absolute atomic E-state index is 0.126. The number of carboxylic acid groups (broad SMARTS) is 1. The minimum atomic E-state index is -1.39. The molecule has 6 nitrogen and oxygen atoms in total. The Balaban J connectivity index is 1.67. The van der Waals surface area contributed by atoms with Crippen LogP contribution in [-0.4, -0.2) is 22.1 Å². The maximum atomic E-state index is 13.3. The number of fused-ring (bicyclic) bond motifs is 1. The van der Waals surface area contributed by atoms with Gasteiger partial charge in [-0.15, -0.1) is 0 Å². The van der Waals surface area contributed by atoms with E-state index in [4.69, 9.17) is 44.6 Å². The summed E-state index contributed by atoms with van der Waals surface area (Å²) in [6, 6.07) is 14.7. The number of benzene rings is 3. The van der Waals surface area contributed by atoms with Gasteiger partial charge >= 0.3 is 5.97 Å². The molecular weight excluding hydrogens is 477 g/mol. The molecule has 32 heavy (non-hydrogen) atoms. The minimum Gasteiger partial charge on any atom is -0.488 e. The van der Waals surface area contributed by atoms with E-state index < -0.39 is 18.1 Å². The molecule has 0 radical (unpaired) electrons. The van der Waals surface area contributed by atoms with E-state index in [1.54, 1.807) is 30.3 Å². The van der Waals surface area contributed by atoms with E-state index in [0.29, 0.717) is 10.6 Å². The first kappa shape index (κ1) is 22.4. The highest BCUT2D eigenvalue weighted by molar-refractivity contribution is 6.35. The van der Waals surface area contributed by atoms with Crippen LogP contribution >= 0.6 is 34.8 Å². The molecule has 0 fully saturated rings. The molecular formula is C23H16Cl3NO5. The van der Waals surface area contributed by atoms with Crippen molar-refractivity contribution < 1.29 is 24.5 Å². The average molecular weight is 493 g/mol. The molecule has 3 aromatic carbocycles. The van der Waals surface area contributed by atoms with Crippen molar-refractivity contribution in [3.05, 3.63) is 91.9 Å². The van der Waals surface area contributed by atoms with Gasteiger partial charge in [-0.1, -0.05) is 53.0 Å². The van der Waals surface area contributed by atoms with Crippen molar-refractivity contribution in [3.8, 4) is 5.75 Å². The van der Waals surface area contributed by atoms with E-state index in [-0.39, 0.29) is 45.6 Å². The molecule has 1 aliphatic heterocycles. The van der Waals surface area contributed by atoms with Crippen molar-refractivity contribution in [1.29, 1.82) is 0 Å². The van der Waals surface area contributed by atoms with Gasteiger partial charge in [-0.2, -0.15) is 0 Å². The van der Waals surface area contributed by atoms with Crippen LogP contribution in [0.4, 0.5) is 5.69 Å². The summed E-state index contributed by atoms with van der Waals surface area (Å²) in [4.78, 5) is 25.4. The van der Waals surface area contributed by atoms with Gasteiger partial charge in [0.1, 0.15) is 12.4 Å². The SMILES string of the molecule is O=C(O)Cc1ccc(N2C(=O)c3c(OCc4cccc(Cl)c4)ccc(Cl)c3C2O)c(Cl)c1. The van der Waals surface area contributed by atoms with Crippen molar-refractivity contribution in [1.82, 2.24) is 0 Å². The molecule has 9 heteroatoms. The van der Waals surface area contributed by atoms with Gasteiger partial charge in [-0.3, -0.25) is 14.5 Å². The molecule has 0 saturated heterocycles. The molecule has 0 bridgehead atoms. The first-order chi connectivity index (χ1) is 15.3. The Morgan fingerprint density at radius 1 is 1.00 bits per heavy atom. The lowest BCUT2D eigenvalue weighted by Crippen LogP contribution is -2.28. The molecule has 2 N–H and O–H groups in total. The molecule has 4 rings (SSSR count). The Morgan fingerprint density at radius 2 is 1.78 bits per heavy atom. The molecule has 0 aliphatic carbocycles. The molecule has 1 unspecified atom stereocenters. The third kappa shape index (κ3) is 4.27. The highest BCUT2D eigenvalue weighted by Crippen LogP contribution is 2.45. The second kappa shape index (κ2) is 9.00. The highest BCUT2D eigenvalue weighted by atomic mass is 35.5. The summed E-state index contributed by atoms with van der Waals surface area (Å²) in [5.74, 6) is -1.29. The third-order valence-corrected chi connectivity index (χ3v) is 5.87. The Bertz CT molecular complexity index is 1230. The number of amides is 1. The van der Waals surface area contributed by atoms with Gasteiger partial charge in [-0.05, 0) is 47.5 Å². The predicted molar refractivity (Wildman–Crippen MR) is 122 cm³/mol. The number of aliphatic hydroxyl groups excluding tert-OH is 1. The van der Waals surface area contributed by atoms with Crippen LogP contribution in [0.3, 0.4) is 0 Å². The molecule has 164 valence electrons. The van der Waals surface area contributed by atoms with E-state index in [9.17, 15) is 14.7 Å². The lowest BCUT2D eigenvalue weighted by atomic mass is 10.1. The van der Waals surface area contributed by atoms with Crippen molar-refractivity contribution in [3.63, 3.8) is 0 Å². The second-order valence-electron chi connectivity index (χ2n) is 7.16. The van der Waals surface area contributed by atoms with Crippen LogP contribution in [0.5, 0.6) is 5.75 Å². The zero-order valence-electron chi connectivity index (χ0n) is 16.4. The van der Waals surface area contributed by atoms with Crippen LogP contribution in [0, 0.1) is 0 Å². The molecule has 1 amide bonds. The van der Waals surface area contributed by atoms with Gasteiger partial charge < -0.3 is 14.9 Å². The van der Waals surface area contributed by atoms with E-state index in [0.717, 1.165) is 10.5 Å². The summed E-state index contributed by atoms with van der Waals surface area (Å²) in [6.45, 7) is 0.155. The number of ether oxygens (including phenoxy) is 1. The number of carboxylic acids is 1. The molecule has 0 aromatic heterocycles. The zero-order chi connectivity index (χ0) is 23.0. The smallest absolute Gasteiger partial charge is 0.307 e. The number of halogens is 3. The quantitative estimate of drug-likeness (QED) is 0.474. The summed E-state index contributed by atoms with van der Waals surface area (Å²) in [7, 11) is 0. The number of nitrogens with zero attached hydrogens (tertiary/aromatic N) is 1. The van der Waals surface area contributed by atoms with Gasteiger partial charge in [0.2, 0.25) is 0 Å². The molecule has 1 atom stereocenters. The van der Waals surface area contributed by atoms with Crippen LogP contribution in [0.2, 0.25) is 15.1 Å². The van der Waals surface area contributed by atoms with E-state index in [2.05, 4.69) is 0 Å². The molecule has 0 saturated carbocycles. The van der Waals surface area contributed by atoms with E-state index in [1.165, 1.54) is 18.2 Å². The van der Waals surface area contributed by atoms with Gasteiger partial charge in [0.05, 0.1) is 22.7 Å². The van der Waals surface area contributed by atoms with E-state index in [1.807, 2.05) is 6.07 Å². The number of hydrogen-bond donors (Lipinski definition) is 2. The number of rotatable bonds is 6. The first-order valence-electron chi connectivity index (χ1n) is 9.47. The molecule has 1 heterocycles. The lowest BCUT2D eigenvalue weighted by Gasteiger charge is -2.22. The maximum absolute atomic E-state index is 13.3. The molecule has 3 aromatic rings. The molecule has 0 spiro atoms. The number of aliphatic hydroxyl groups is 1. The summed E-state index contributed by atoms with van der Waals surface area (Å²) in [5, 5.41) is 20.8. The number of aliphatic carboxylic acids is 1. The number of carbonyl (C=O) groups excluding carboxylic acids is 1. The Hall–Kier alpha value is -2.77. The van der Waals surface area contributed by atoms with Crippen LogP contribution in [0.15, 0.2) is 54.6 Å². The third-order valence-electron chi connectivity index (χ3n) is 5.00. The summed E-state index contributed by atoms with van der Waals surface area (Å²) < 4.78 is 5.87. The van der Waals surface area contributed by atoms with Crippen LogP contribution in [-0.2, 0) is 17.8 Å². The second-order valence-corrected chi connectivity index (χ2v) is 8.41. The maximum Gasteiger partial charge on any atom is 0.307 e. The van der Waals surface area contributed by atoms with Gasteiger partial charge in [0.25, 0.3) is 5.91 Å². The average Bonchev–Trinajstić information content (AvgIpc) is 2.99. The van der Waals surface area contributed by atoms with Gasteiger partial charge in [0.15, 0.2) is 6.23 Å². The van der Waals surface area contributed by atoms with Crippen LogP contribution in [0.25, 0.3) is 0 Å². The monoisotopic (exact) mass is 491 g/mol. The Kier molecular flexibility index (Phi) is 6.31. The van der Waals surface area contributed by atoms with Crippen molar-refractivity contribution >= 4 is 52.4 Å². The fourth-order valence-electron chi connectivity index (χ4n) is 3.59. The topological polar surface area (TPSA) is 87.1 Å². The van der Waals surface area contributed by atoms with Gasteiger partial charge in [0, 0.05) is 15.6 Å². The van der Waals surface area contributed by atoms with E-state index >= 15 is 0 Å². The number of hydrogen-bond acceptors (Lipinski definition) is 4. The number of anilines is 1.